The third-order valence-corrected chi connectivity index (χ3v) is 3.24. The number of hydrogen-bond donors (Lipinski definition) is 4. The number of phenolic OH excluding ortho intramolecular Hbond substituents is 1. The molecule has 0 spiro atoms. The first-order chi connectivity index (χ1) is 10.0. The van der Waals surface area contributed by atoms with Gasteiger partial charge in [0, 0.05) is 15.6 Å². The number of aromatic hydroxyl groups is 1. The lowest BCUT2D eigenvalue weighted by Crippen LogP contribution is -2.19. The Morgan fingerprint density at radius 1 is 1.19 bits per heavy atom. The molecule has 0 saturated heterocycles. The average molecular weight is 350 g/mol. The second kappa shape index (κ2) is 6.27. The number of nitrogens with two attached hydrogens (primary N) is 1. The Bertz CT molecular complexity index is 699. The van der Waals surface area contributed by atoms with E-state index in [9.17, 15) is 9.90 Å². The monoisotopic (exact) mass is 349 g/mol. The first-order valence-electron chi connectivity index (χ1n) is 5.89. The van der Waals surface area contributed by atoms with Crippen LogP contribution < -0.4 is 11.1 Å². The molecular formula is C14H12BrN3O3. The number of nitrogens with one attached hydrogen (secondary N) is 1. The molecule has 108 valence electrons. The standard InChI is InChI=1S/C14H12BrN3O3/c15-9-3-6-12(11(7-9)13(16)18-21)17-14(20)8-1-4-10(19)5-2-8/h1-7,19,21H,(H2,16,18)(H,17,20). The van der Waals surface area contributed by atoms with Crippen LogP contribution in [0.3, 0.4) is 0 Å². The second-order valence-electron chi connectivity index (χ2n) is 4.18. The van der Waals surface area contributed by atoms with Gasteiger partial charge >= 0.3 is 0 Å². The number of phenols is 1. The molecule has 0 aliphatic rings. The van der Waals surface area contributed by atoms with E-state index in [1.54, 1.807) is 18.2 Å². The molecule has 0 atom stereocenters. The van der Waals surface area contributed by atoms with Crippen LogP contribution >= 0.6 is 15.9 Å². The zero-order valence-electron chi connectivity index (χ0n) is 10.7. The topological polar surface area (TPSA) is 108 Å². The summed E-state index contributed by atoms with van der Waals surface area (Å²) in [4.78, 5) is 12.1. The van der Waals surface area contributed by atoms with Gasteiger partial charge in [0.2, 0.25) is 0 Å². The molecule has 7 heteroatoms. The minimum Gasteiger partial charge on any atom is -0.508 e. The molecule has 0 aliphatic carbocycles. The molecule has 2 aromatic rings. The molecule has 0 aromatic heterocycles. The molecule has 6 nitrogen and oxygen atoms in total. The van der Waals surface area contributed by atoms with Crippen molar-refractivity contribution in [3.8, 4) is 5.75 Å². The summed E-state index contributed by atoms with van der Waals surface area (Å²) in [6.07, 6.45) is 0. The number of carbonyl (C=O) groups excluding carboxylic acids is 1. The fraction of sp³-hybridized carbons (Fsp3) is 0. The Morgan fingerprint density at radius 3 is 2.48 bits per heavy atom. The minimum absolute atomic E-state index is 0.0764. The molecule has 0 fully saturated rings. The van der Waals surface area contributed by atoms with Gasteiger partial charge in [0.15, 0.2) is 5.84 Å². The van der Waals surface area contributed by atoms with E-state index in [4.69, 9.17) is 10.9 Å². The van der Waals surface area contributed by atoms with E-state index in [1.807, 2.05) is 0 Å². The summed E-state index contributed by atoms with van der Waals surface area (Å²) < 4.78 is 0.728. The van der Waals surface area contributed by atoms with Gasteiger partial charge in [-0.1, -0.05) is 21.1 Å². The fourth-order valence-electron chi connectivity index (χ4n) is 1.70. The summed E-state index contributed by atoms with van der Waals surface area (Å²) in [5.74, 6) is -0.408. The van der Waals surface area contributed by atoms with Crippen LogP contribution in [0.15, 0.2) is 52.1 Å². The van der Waals surface area contributed by atoms with Crippen molar-refractivity contribution >= 4 is 33.4 Å². The van der Waals surface area contributed by atoms with E-state index in [0.29, 0.717) is 16.8 Å². The SMILES string of the molecule is N/C(=N/O)c1cc(Br)ccc1NC(=O)c1ccc(O)cc1. The lowest BCUT2D eigenvalue weighted by atomic mass is 10.1. The highest BCUT2D eigenvalue weighted by atomic mass is 79.9. The van der Waals surface area contributed by atoms with Crippen LogP contribution in [-0.2, 0) is 0 Å². The van der Waals surface area contributed by atoms with Crippen molar-refractivity contribution in [3.63, 3.8) is 0 Å². The molecule has 0 aliphatic heterocycles. The molecule has 0 saturated carbocycles. The van der Waals surface area contributed by atoms with E-state index >= 15 is 0 Å². The van der Waals surface area contributed by atoms with Gasteiger partial charge in [0.05, 0.1) is 5.69 Å². The Morgan fingerprint density at radius 2 is 1.86 bits per heavy atom. The average Bonchev–Trinajstić information content (AvgIpc) is 2.48. The van der Waals surface area contributed by atoms with Gasteiger partial charge in [-0.15, -0.1) is 0 Å². The van der Waals surface area contributed by atoms with E-state index in [0.717, 1.165) is 4.47 Å². The number of rotatable bonds is 3. The molecule has 0 radical (unpaired) electrons. The molecule has 0 bridgehead atoms. The number of hydrogen-bond acceptors (Lipinski definition) is 4. The van der Waals surface area contributed by atoms with Crippen molar-refractivity contribution < 1.29 is 15.1 Å². The Balaban J connectivity index is 2.31. The Labute approximate surface area is 129 Å². The molecule has 0 heterocycles. The summed E-state index contributed by atoms with van der Waals surface area (Å²) in [5, 5.41) is 23.6. The number of amidine groups is 1. The lowest BCUT2D eigenvalue weighted by molar-refractivity contribution is 0.102. The highest BCUT2D eigenvalue weighted by Crippen LogP contribution is 2.22. The first kappa shape index (κ1) is 14.9. The normalized spacial score (nSPS) is 11.2. The summed E-state index contributed by atoms with van der Waals surface area (Å²) in [6.45, 7) is 0. The van der Waals surface area contributed by atoms with Crippen molar-refractivity contribution in [2.45, 2.75) is 0 Å². The largest absolute Gasteiger partial charge is 0.508 e. The van der Waals surface area contributed by atoms with E-state index in [1.165, 1.54) is 24.3 Å². The zero-order valence-corrected chi connectivity index (χ0v) is 12.3. The summed E-state index contributed by atoms with van der Waals surface area (Å²) in [7, 11) is 0. The lowest BCUT2D eigenvalue weighted by Gasteiger charge is -2.11. The quantitative estimate of drug-likeness (QED) is 0.295. The molecule has 0 unspecified atom stereocenters. The van der Waals surface area contributed by atoms with Gasteiger partial charge in [-0.05, 0) is 42.5 Å². The predicted octanol–water partition coefficient (Wildman–Crippen LogP) is 2.50. The third-order valence-electron chi connectivity index (χ3n) is 2.74. The van der Waals surface area contributed by atoms with Crippen molar-refractivity contribution in [2.75, 3.05) is 5.32 Å². The highest BCUT2D eigenvalue weighted by molar-refractivity contribution is 9.10. The van der Waals surface area contributed by atoms with Crippen molar-refractivity contribution in [3.05, 3.63) is 58.1 Å². The molecular weight excluding hydrogens is 338 g/mol. The molecule has 2 aromatic carbocycles. The first-order valence-corrected chi connectivity index (χ1v) is 6.68. The Kier molecular flexibility index (Phi) is 4.44. The highest BCUT2D eigenvalue weighted by Gasteiger charge is 2.12. The van der Waals surface area contributed by atoms with Crippen molar-refractivity contribution in [1.82, 2.24) is 0 Å². The fourth-order valence-corrected chi connectivity index (χ4v) is 2.06. The molecule has 1 amide bonds. The van der Waals surface area contributed by atoms with E-state index in [2.05, 4.69) is 26.4 Å². The predicted molar refractivity (Wildman–Crippen MR) is 82.7 cm³/mol. The maximum absolute atomic E-state index is 12.1. The van der Waals surface area contributed by atoms with Gasteiger partial charge in [-0.2, -0.15) is 0 Å². The summed E-state index contributed by atoms with van der Waals surface area (Å²) >= 11 is 3.28. The van der Waals surface area contributed by atoms with Crippen molar-refractivity contribution in [2.24, 2.45) is 10.9 Å². The van der Waals surface area contributed by atoms with Crippen LogP contribution in [0, 0.1) is 0 Å². The van der Waals surface area contributed by atoms with Gasteiger partial charge in [-0.25, -0.2) is 0 Å². The number of halogens is 1. The van der Waals surface area contributed by atoms with Gasteiger partial charge in [-0.3, -0.25) is 4.79 Å². The number of oxime groups is 1. The van der Waals surface area contributed by atoms with Crippen LogP contribution in [0.2, 0.25) is 0 Å². The molecule has 2 rings (SSSR count). The van der Waals surface area contributed by atoms with E-state index < -0.39 is 0 Å². The van der Waals surface area contributed by atoms with Crippen LogP contribution in [0.1, 0.15) is 15.9 Å². The van der Waals surface area contributed by atoms with Crippen LogP contribution in [-0.4, -0.2) is 22.1 Å². The summed E-state index contributed by atoms with van der Waals surface area (Å²) in [5.41, 5.74) is 6.77. The minimum atomic E-state index is -0.371. The van der Waals surface area contributed by atoms with Gasteiger partial charge in [0.1, 0.15) is 5.75 Å². The smallest absolute Gasteiger partial charge is 0.255 e. The number of carbonyl (C=O) groups is 1. The summed E-state index contributed by atoms with van der Waals surface area (Å²) in [6, 6.07) is 10.8. The molecule has 21 heavy (non-hydrogen) atoms. The number of nitrogens with zero attached hydrogens (tertiary/aromatic N) is 1. The third kappa shape index (κ3) is 3.51. The number of benzene rings is 2. The van der Waals surface area contributed by atoms with Crippen LogP contribution in [0.5, 0.6) is 5.75 Å². The van der Waals surface area contributed by atoms with Crippen LogP contribution in [0.4, 0.5) is 5.69 Å². The maximum atomic E-state index is 12.1. The van der Waals surface area contributed by atoms with Crippen LogP contribution in [0.25, 0.3) is 0 Å². The number of anilines is 1. The van der Waals surface area contributed by atoms with Gasteiger partial charge in [0.25, 0.3) is 5.91 Å². The van der Waals surface area contributed by atoms with Crippen molar-refractivity contribution in [1.29, 1.82) is 0 Å². The second-order valence-corrected chi connectivity index (χ2v) is 5.09. The molecule has 5 N–H and O–H groups in total. The van der Waals surface area contributed by atoms with E-state index in [-0.39, 0.29) is 17.5 Å². The van der Waals surface area contributed by atoms with Gasteiger partial charge < -0.3 is 21.4 Å². The maximum Gasteiger partial charge on any atom is 0.255 e. The number of amides is 1. The zero-order chi connectivity index (χ0) is 15.4. The Hall–Kier alpha value is -2.54.